The van der Waals surface area contributed by atoms with E-state index < -0.39 is 0 Å². The van der Waals surface area contributed by atoms with Crippen molar-refractivity contribution < 1.29 is 10.2 Å². The summed E-state index contributed by atoms with van der Waals surface area (Å²) in [5.41, 5.74) is 1.13. The highest BCUT2D eigenvalue weighted by Gasteiger charge is 2.15. The Morgan fingerprint density at radius 3 is 2.22 bits per heavy atom. The summed E-state index contributed by atoms with van der Waals surface area (Å²) in [4.78, 5) is 0. The molecule has 0 aliphatic carbocycles. The number of benzene rings is 4. The second-order valence-corrected chi connectivity index (χ2v) is 6.36. The van der Waals surface area contributed by atoms with Crippen LogP contribution in [0.4, 0.5) is 0 Å². The van der Waals surface area contributed by atoms with E-state index in [1.807, 2.05) is 42.5 Å². The highest BCUT2D eigenvalue weighted by Crippen LogP contribution is 2.43. The van der Waals surface area contributed by atoms with Crippen molar-refractivity contribution >= 4 is 32.3 Å². The summed E-state index contributed by atoms with van der Waals surface area (Å²) in [5, 5.41) is 26.6. The standard InChI is InChI=1S/C21H18O2/c1-12(2)14-9-10-18(22)21-16-8-7-13-5-3-4-6-15(13)20(16)19(23)11-17(14)21/h3-12,22-23H,1-2H3. The van der Waals surface area contributed by atoms with E-state index in [4.69, 9.17) is 0 Å². The Morgan fingerprint density at radius 1 is 0.696 bits per heavy atom. The molecule has 23 heavy (non-hydrogen) atoms. The first-order chi connectivity index (χ1) is 11.1. The molecule has 114 valence electrons. The summed E-state index contributed by atoms with van der Waals surface area (Å²) < 4.78 is 0. The van der Waals surface area contributed by atoms with E-state index in [0.717, 1.165) is 37.9 Å². The lowest BCUT2D eigenvalue weighted by Crippen LogP contribution is -1.91. The van der Waals surface area contributed by atoms with Gasteiger partial charge in [-0.2, -0.15) is 0 Å². The number of phenolic OH excluding ortho intramolecular Hbond substituents is 2. The van der Waals surface area contributed by atoms with Gasteiger partial charge in [-0.1, -0.05) is 56.3 Å². The van der Waals surface area contributed by atoms with Gasteiger partial charge in [-0.05, 0) is 45.2 Å². The first-order valence-electron chi connectivity index (χ1n) is 7.87. The Balaban J connectivity index is 2.30. The zero-order valence-corrected chi connectivity index (χ0v) is 13.2. The molecule has 0 saturated carbocycles. The molecular weight excluding hydrogens is 284 g/mol. The molecule has 0 unspecified atom stereocenters. The normalized spacial score (nSPS) is 11.8. The van der Waals surface area contributed by atoms with Gasteiger partial charge in [0.2, 0.25) is 0 Å². The van der Waals surface area contributed by atoms with Crippen LogP contribution >= 0.6 is 0 Å². The number of aromatic hydroxyl groups is 2. The summed E-state index contributed by atoms with van der Waals surface area (Å²) in [7, 11) is 0. The van der Waals surface area contributed by atoms with Gasteiger partial charge in [0.25, 0.3) is 0 Å². The minimum absolute atomic E-state index is 0.254. The van der Waals surface area contributed by atoms with E-state index in [9.17, 15) is 10.2 Å². The molecule has 0 aromatic heterocycles. The molecule has 0 bridgehead atoms. The Morgan fingerprint density at radius 2 is 1.43 bits per heavy atom. The third-order valence-electron chi connectivity index (χ3n) is 4.61. The molecule has 0 fully saturated rings. The minimum atomic E-state index is 0.254. The minimum Gasteiger partial charge on any atom is -0.507 e. The van der Waals surface area contributed by atoms with Gasteiger partial charge >= 0.3 is 0 Å². The van der Waals surface area contributed by atoms with Crippen molar-refractivity contribution in [1.82, 2.24) is 0 Å². The highest BCUT2D eigenvalue weighted by atomic mass is 16.3. The summed E-state index contributed by atoms with van der Waals surface area (Å²) in [6.45, 7) is 4.24. The topological polar surface area (TPSA) is 40.5 Å². The first-order valence-corrected chi connectivity index (χ1v) is 7.87. The van der Waals surface area contributed by atoms with Crippen LogP contribution in [0.5, 0.6) is 11.5 Å². The van der Waals surface area contributed by atoms with Gasteiger partial charge in [0.05, 0.1) is 0 Å². The van der Waals surface area contributed by atoms with Gasteiger partial charge in [-0.3, -0.25) is 0 Å². The van der Waals surface area contributed by atoms with E-state index in [1.54, 1.807) is 12.1 Å². The zero-order valence-electron chi connectivity index (χ0n) is 13.2. The van der Waals surface area contributed by atoms with Gasteiger partial charge in [-0.15, -0.1) is 0 Å². The molecule has 2 N–H and O–H groups in total. The number of hydrogen-bond donors (Lipinski definition) is 2. The number of rotatable bonds is 1. The summed E-state index contributed by atoms with van der Waals surface area (Å²) >= 11 is 0. The van der Waals surface area contributed by atoms with Crippen LogP contribution in [-0.2, 0) is 0 Å². The second-order valence-electron chi connectivity index (χ2n) is 6.36. The quantitative estimate of drug-likeness (QED) is 0.444. The average Bonchev–Trinajstić information content (AvgIpc) is 2.54. The maximum Gasteiger partial charge on any atom is 0.124 e. The van der Waals surface area contributed by atoms with Crippen LogP contribution in [0.25, 0.3) is 32.3 Å². The average molecular weight is 302 g/mol. The van der Waals surface area contributed by atoms with Crippen molar-refractivity contribution in [2.24, 2.45) is 0 Å². The Hall–Kier alpha value is -2.74. The molecule has 0 aliphatic heterocycles. The van der Waals surface area contributed by atoms with E-state index in [1.165, 1.54) is 0 Å². The molecule has 0 saturated heterocycles. The third kappa shape index (κ3) is 1.95. The molecular formula is C21H18O2. The lowest BCUT2D eigenvalue weighted by molar-refractivity contribution is 0.480. The van der Waals surface area contributed by atoms with Crippen molar-refractivity contribution in [3.05, 3.63) is 60.2 Å². The Bertz CT molecular complexity index is 1060. The molecule has 0 radical (unpaired) electrons. The highest BCUT2D eigenvalue weighted by molar-refractivity contribution is 6.21. The van der Waals surface area contributed by atoms with Crippen molar-refractivity contribution in [3.63, 3.8) is 0 Å². The monoisotopic (exact) mass is 302 g/mol. The molecule has 0 spiro atoms. The fraction of sp³-hybridized carbons (Fsp3) is 0.143. The van der Waals surface area contributed by atoms with Crippen molar-refractivity contribution in [1.29, 1.82) is 0 Å². The Labute approximate surface area is 134 Å². The Kier molecular flexibility index (Phi) is 2.95. The van der Waals surface area contributed by atoms with Gasteiger partial charge in [0.15, 0.2) is 0 Å². The van der Waals surface area contributed by atoms with Crippen molar-refractivity contribution in [3.8, 4) is 11.5 Å². The molecule has 0 atom stereocenters. The van der Waals surface area contributed by atoms with Crippen LogP contribution in [0.2, 0.25) is 0 Å². The molecule has 4 aromatic carbocycles. The zero-order chi connectivity index (χ0) is 16.1. The maximum atomic E-state index is 10.7. The van der Waals surface area contributed by atoms with Crippen LogP contribution in [0.3, 0.4) is 0 Å². The van der Waals surface area contributed by atoms with Crippen LogP contribution in [0.1, 0.15) is 25.3 Å². The molecule has 2 nitrogen and oxygen atoms in total. The lowest BCUT2D eigenvalue weighted by atomic mass is 9.90. The second kappa shape index (κ2) is 4.88. The van der Waals surface area contributed by atoms with Gasteiger partial charge in [0.1, 0.15) is 11.5 Å². The van der Waals surface area contributed by atoms with E-state index in [2.05, 4.69) is 13.8 Å². The predicted octanol–water partition coefficient (Wildman–Crippen LogP) is 5.68. The van der Waals surface area contributed by atoms with Crippen molar-refractivity contribution in [2.75, 3.05) is 0 Å². The maximum absolute atomic E-state index is 10.7. The van der Waals surface area contributed by atoms with Crippen LogP contribution in [0.15, 0.2) is 54.6 Å². The summed E-state index contributed by atoms with van der Waals surface area (Å²) in [6, 6.07) is 17.5. The first kappa shape index (κ1) is 13.9. The van der Waals surface area contributed by atoms with Crippen molar-refractivity contribution in [2.45, 2.75) is 19.8 Å². The molecule has 0 aliphatic rings. The summed E-state index contributed by atoms with van der Waals surface area (Å²) in [6.07, 6.45) is 0. The van der Waals surface area contributed by atoms with Crippen LogP contribution in [0, 0.1) is 0 Å². The van der Waals surface area contributed by atoms with Gasteiger partial charge < -0.3 is 10.2 Å². The predicted molar refractivity (Wildman–Crippen MR) is 96.4 cm³/mol. The van der Waals surface area contributed by atoms with Crippen LogP contribution in [-0.4, -0.2) is 10.2 Å². The molecule has 4 aromatic rings. The third-order valence-corrected chi connectivity index (χ3v) is 4.61. The van der Waals surface area contributed by atoms with E-state index in [-0.39, 0.29) is 11.5 Å². The van der Waals surface area contributed by atoms with Crippen LogP contribution < -0.4 is 0 Å². The fourth-order valence-corrected chi connectivity index (χ4v) is 3.53. The summed E-state index contributed by atoms with van der Waals surface area (Å²) in [5.74, 6) is 0.830. The number of phenols is 2. The lowest BCUT2D eigenvalue weighted by Gasteiger charge is -2.15. The molecule has 2 heteroatoms. The number of fused-ring (bicyclic) bond motifs is 5. The molecule has 0 amide bonds. The largest absolute Gasteiger partial charge is 0.507 e. The van der Waals surface area contributed by atoms with E-state index in [0.29, 0.717) is 5.92 Å². The molecule has 4 rings (SSSR count). The van der Waals surface area contributed by atoms with Gasteiger partial charge in [0, 0.05) is 10.8 Å². The van der Waals surface area contributed by atoms with E-state index >= 15 is 0 Å². The fourth-order valence-electron chi connectivity index (χ4n) is 3.53. The SMILES string of the molecule is CC(C)c1ccc(O)c2c1cc(O)c1c3ccccc3ccc21. The number of hydrogen-bond acceptors (Lipinski definition) is 2. The molecule has 0 heterocycles. The smallest absolute Gasteiger partial charge is 0.124 e. The van der Waals surface area contributed by atoms with Gasteiger partial charge in [-0.25, -0.2) is 0 Å².